The molecule has 0 aliphatic rings. The van der Waals surface area contributed by atoms with Crippen molar-refractivity contribution in [1.82, 2.24) is 0 Å². The number of rotatable bonds is 2. The molecule has 0 amide bonds. The van der Waals surface area contributed by atoms with E-state index in [0.717, 1.165) is 17.8 Å². The van der Waals surface area contributed by atoms with Crippen LogP contribution >= 0.6 is 0 Å². The van der Waals surface area contributed by atoms with Crippen molar-refractivity contribution in [1.29, 1.82) is 0 Å². The third-order valence-electron chi connectivity index (χ3n) is 1.43. The van der Waals surface area contributed by atoms with Gasteiger partial charge in [-0.3, -0.25) is 0 Å². The number of hydrogen-bond acceptors (Lipinski definition) is 1. The van der Waals surface area contributed by atoms with Gasteiger partial charge in [-0.2, -0.15) is 0 Å². The zero-order valence-electron chi connectivity index (χ0n) is 6.48. The molecule has 0 saturated carbocycles. The van der Waals surface area contributed by atoms with Gasteiger partial charge >= 0.3 is 0 Å². The van der Waals surface area contributed by atoms with Gasteiger partial charge in [0.05, 0.1) is 6.26 Å². The van der Waals surface area contributed by atoms with Gasteiger partial charge in [0.2, 0.25) is 0 Å². The van der Waals surface area contributed by atoms with Crippen LogP contribution in [-0.2, 0) is 6.42 Å². The summed E-state index contributed by atoms with van der Waals surface area (Å²) in [6.45, 7) is 7.86. The molecule has 0 atom stereocenters. The maximum absolute atomic E-state index is 5.21. The van der Waals surface area contributed by atoms with Crippen molar-refractivity contribution in [2.45, 2.75) is 20.3 Å². The van der Waals surface area contributed by atoms with Crippen LogP contribution in [0.5, 0.6) is 0 Å². The minimum absolute atomic E-state index is 0.860. The van der Waals surface area contributed by atoms with Crippen LogP contribution in [0.4, 0.5) is 0 Å². The first kappa shape index (κ1) is 7.13. The molecule has 0 spiro atoms. The summed E-state index contributed by atoms with van der Waals surface area (Å²) in [5.41, 5.74) is 2.35. The highest BCUT2D eigenvalue weighted by atomic mass is 16.3. The normalized spacial score (nSPS) is 9.80. The molecule has 1 rings (SSSR count). The van der Waals surface area contributed by atoms with E-state index in [0.29, 0.717) is 0 Å². The highest BCUT2D eigenvalue weighted by Crippen LogP contribution is 2.12. The van der Waals surface area contributed by atoms with Gasteiger partial charge in [0.1, 0.15) is 5.76 Å². The summed E-state index contributed by atoms with van der Waals surface area (Å²) in [5, 5.41) is 0. The molecule has 0 aromatic carbocycles. The van der Waals surface area contributed by atoms with Crippen LogP contribution in [0.15, 0.2) is 28.9 Å². The first-order valence-corrected chi connectivity index (χ1v) is 3.37. The van der Waals surface area contributed by atoms with Gasteiger partial charge in [-0.25, -0.2) is 0 Å². The summed E-state index contributed by atoms with van der Waals surface area (Å²) in [6.07, 6.45) is 2.58. The van der Waals surface area contributed by atoms with Gasteiger partial charge in [-0.15, -0.1) is 0 Å². The molecule has 1 aromatic heterocycles. The highest BCUT2D eigenvalue weighted by Gasteiger charge is 1.99. The van der Waals surface area contributed by atoms with Crippen molar-refractivity contribution < 1.29 is 4.42 Å². The number of allylic oxidation sites excluding steroid dienone is 1. The molecule has 0 unspecified atom stereocenters. The fourth-order valence-electron chi connectivity index (χ4n) is 0.859. The standard InChI is InChI=1S/C9H12O/c1-7(2)6-9-8(3)4-5-10-9/h4-5H,1,6H2,2-3H3. The van der Waals surface area contributed by atoms with E-state index in [4.69, 9.17) is 4.42 Å². The first-order chi connectivity index (χ1) is 4.70. The Hall–Kier alpha value is -0.980. The van der Waals surface area contributed by atoms with E-state index in [1.165, 1.54) is 5.56 Å². The van der Waals surface area contributed by atoms with Crippen LogP contribution in [0.1, 0.15) is 18.2 Å². The van der Waals surface area contributed by atoms with Crippen LogP contribution in [-0.4, -0.2) is 0 Å². The Morgan fingerprint density at radius 3 is 2.80 bits per heavy atom. The Balaban J connectivity index is 2.74. The minimum atomic E-state index is 0.860. The predicted molar refractivity (Wildman–Crippen MR) is 42.0 cm³/mol. The Morgan fingerprint density at radius 2 is 2.40 bits per heavy atom. The number of hydrogen-bond donors (Lipinski definition) is 0. The van der Waals surface area contributed by atoms with Gasteiger partial charge < -0.3 is 4.42 Å². The molecule has 0 N–H and O–H groups in total. The Morgan fingerprint density at radius 1 is 1.70 bits per heavy atom. The summed E-state index contributed by atoms with van der Waals surface area (Å²) < 4.78 is 5.21. The van der Waals surface area contributed by atoms with E-state index < -0.39 is 0 Å². The van der Waals surface area contributed by atoms with E-state index in [9.17, 15) is 0 Å². The lowest BCUT2D eigenvalue weighted by Crippen LogP contribution is -1.83. The molecule has 0 aliphatic carbocycles. The largest absolute Gasteiger partial charge is 0.469 e. The third-order valence-corrected chi connectivity index (χ3v) is 1.43. The quantitative estimate of drug-likeness (QED) is 0.570. The topological polar surface area (TPSA) is 13.1 Å². The lowest BCUT2D eigenvalue weighted by molar-refractivity contribution is 0.517. The smallest absolute Gasteiger partial charge is 0.110 e. The fraction of sp³-hybridized carbons (Fsp3) is 0.333. The molecule has 0 saturated heterocycles. The predicted octanol–water partition coefficient (Wildman–Crippen LogP) is 2.71. The molecular weight excluding hydrogens is 124 g/mol. The van der Waals surface area contributed by atoms with Gasteiger partial charge in [0.25, 0.3) is 0 Å². The van der Waals surface area contributed by atoms with Crippen LogP contribution < -0.4 is 0 Å². The summed E-state index contributed by atoms with van der Waals surface area (Å²) in [4.78, 5) is 0. The highest BCUT2D eigenvalue weighted by molar-refractivity contribution is 5.18. The fourth-order valence-corrected chi connectivity index (χ4v) is 0.859. The van der Waals surface area contributed by atoms with E-state index in [-0.39, 0.29) is 0 Å². The summed E-state index contributed by atoms with van der Waals surface area (Å²) >= 11 is 0. The van der Waals surface area contributed by atoms with Gasteiger partial charge in [-0.1, -0.05) is 12.2 Å². The first-order valence-electron chi connectivity index (χ1n) is 3.37. The van der Waals surface area contributed by atoms with Crippen molar-refractivity contribution in [3.05, 3.63) is 35.8 Å². The molecule has 1 heterocycles. The van der Waals surface area contributed by atoms with Gasteiger partial charge in [0, 0.05) is 6.42 Å². The second kappa shape index (κ2) is 2.74. The zero-order chi connectivity index (χ0) is 7.56. The summed E-state index contributed by atoms with van der Waals surface area (Å²) in [5.74, 6) is 1.03. The monoisotopic (exact) mass is 136 g/mol. The molecule has 54 valence electrons. The Kier molecular flexibility index (Phi) is 1.95. The SMILES string of the molecule is C=C(C)Cc1occc1C. The van der Waals surface area contributed by atoms with Crippen molar-refractivity contribution >= 4 is 0 Å². The maximum Gasteiger partial charge on any atom is 0.110 e. The molecule has 1 aromatic rings. The molecular formula is C9H12O. The van der Waals surface area contributed by atoms with Crippen LogP contribution in [0.2, 0.25) is 0 Å². The maximum atomic E-state index is 5.21. The van der Waals surface area contributed by atoms with Gasteiger partial charge in [-0.05, 0) is 25.5 Å². The Labute approximate surface area is 61.4 Å². The van der Waals surface area contributed by atoms with E-state index in [1.807, 2.05) is 19.9 Å². The summed E-state index contributed by atoms with van der Waals surface area (Å²) in [7, 11) is 0. The molecule has 0 aliphatic heterocycles. The van der Waals surface area contributed by atoms with Crippen LogP contribution in [0, 0.1) is 6.92 Å². The lowest BCUT2D eigenvalue weighted by Gasteiger charge is -1.95. The van der Waals surface area contributed by atoms with E-state index >= 15 is 0 Å². The molecule has 1 nitrogen and oxygen atoms in total. The van der Waals surface area contributed by atoms with Crippen LogP contribution in [0.3, 0.4) is 0 Å². The third kappa shape index (κ3) is 1.50. The van der Waals surface area contributed by atoms with Crippen LogP contribution in [0.25, 0.3) is 0 Å². The Bertz CT molecular complexity index is 233. The number of aryl methyl sites for hydroxylation is 1. The van der Waals surface area contributed by atoms with Crippen molar-refractivity contribution in [3.8, 4) is 0 Å². The number of furan rings is 1. The molecule has 1 heteroatoms. The van der Waals surface area contributed by atoms with E-state index in [2.05, 4.69) is 6.58 Å². The van der Waals surface area contributed by atoms with Crippen molar-refractivity contribution in [3.63, 3.8) is 0 Å². The molecule has 10 heavy (non-hydrogen) atoms. The zero-order valence-corrected chi connectivity index (χ0v) is 6.48. The molecule has 0 bridgehead atoms. The summed E-state index contributed by atoms with van der Waals surface area (Å²) in [6, 6.07) is 1.97. The lowest BCUT2D eigenvalue weighted by atomic mass is 10.1. The average Bonchev–Trinajstić information content (AvgIpc) is 2.15. The van der Waals surface area contributed by atoms with Gasteiger partial charge in [0.15, 0.2) is 0 Å². The second-order valence-electron chi connectivity index (χ2n) is 2.66. The van der Waals surface area contributed by atoms with E-state index in [1.54, 1.807) is 6.26 Å². The van der Waals surface area contributed by atoms with Crippen molar-refractivity contribution in [2.75, 3.05) is 0 Å². The average molecular weight is 136 g/mol. The molecule has 0 radical (unpaired) electrons. The molecule has 0 fully saturated rings. The second-order valence-corrected chi connectivity index (χ2v) is 2.66. The minimum Gasteiger partial charge on any atom is -0.469 e. The van der Waals surface area contributed by atoms with Crippen molar-refractivity contribution in [2.24, 2.45) is 0 Å².